The Kier molecular flexibility index (Phi) is 10.5. The first-order valence-corrected chi connectivity index (χ1v) is 18.9. The van der Waals surface area contributed by atoms with Crippen molar-refractivity contribution < 1.29 is 14.4 Å². The van der Waals surface area contributed by atoms with E-state index in [1.165, 1.54) is 58.0 Å². The van der Waals surface area contributed by atoms with Crippen LogP contribution in [0, 0.1) is 10.1 Å². The van der Waals surface area contributed by atoms with Crippen LogP contribution in [0.2, 0.25) is 13.3 Å². The van der Waals surface area contributed by atoms with Gasteiger partial charge in [-0.05, 0) is 0 Å². The number of ether oxygens (including phenoxy) is 2. The molecule has 0 fully saturated rings. The van der Waals surface area contributed by atoms with E-state index in [4.69, 9.17) is 9.47 Å². The van der Waals surface area contributed by atoms with Crippen molar-refractivity contribution >= 4 is 24.2 Å². The molecule has 2 heterocycles. The second-order valence-electron chi connectivity index (χ2n) is 8.13. The molecule has 1 aromatic heterocycles. The van der Waals surface area contributed by atoms with Crippen LogP contribution in [0.15, 0.2) is 16.4 Å². The van der Waals surface area contributed by atoms with Crippen LogP contribution in [0.4, 0.5) is 5.82 Å². The van der Waals surface area contributed by atoms with Crippen LogP contribution >= 0.6 is 0 Å². The number of fused-ring (bicyclic) bond motifs is 1. The Morgan fingerprint density at radius 3 is 2.41 bits per heavy atom. The van der Waals surface area contributed by atoms with Gasteiger partial charge in [0, 0.05) is 0 Å². The van der Waals surface area contributed by atoms with Crippen molar-refractivity contribution in [3.8, 4) is 6.01 Å². The molecule has 1 aliphatic heterocycles. The molecule has 0 bridgehead atoms. The number of aromatic nitrogens is 2. The monoisotopic (exact) mass is 515 g/mol. The topological polar surface area (TPSA) is 79.4 Å². The van der Waals surface area contributed by atoms with Gasteiger partial charge in [-0.1, -0.05) is 0 Å². The number of unbranched alkanes of at least 4 members (excludes halogenated alkanes) is 3. The average molecular weight is 514 g/mol. The Morgan fingerprint density at radius 2 is 1.86 bits per heavy atom. The summed E-state index contributed by atoms with van der Waals surface area (Å²) in [6.07, 6.45) is 11.5. The standard InChI is InChI=1S/C9H10N3O4.3C4H9.Sn/c1-2-3-15-7-4-11-5-8(12(13)14)10-9(11)16-6-7;3*1-3-4-2;/h1-2,5,7H,3-4,6H2;3*1,3-4H2,2H3;/t7-;;;;/m0..../s1. The third-order valence-electron chi connectivity index (χ3n) is 5.70. The van der Waals surface area contributed by atoms with Crippen LogP contribution in [0.3, 0.4) is 0 Å². The molecule has 0 unspecified atom stereocenters. The van der Waals surface area contributed by atoms with Gasteiger partial charge in [0.2, 0.25) is 0 Å². The molecule has 8 heteroatoms. The van der Waals surface area contributed by atoms with Crippen molar-refractivity contribution in [1.82, 2.24) is 9.55 Å². The van der Waals surface area contributed by atoms with Crippen LogP contribution in [0.1, 0.15) is 59.3 Å². The van der Waals surface area contributed by atoms with Gasteiger partial charge >= 0.3 is 179 Å². The fraction of sp³-hybridized carbons (Fsp3) is 0.762. The first-order chi connectivity index (χ1) is 14.0. The summed E-state index contributed by atoms with van der Waals surface area (Å²) in [7, 11) is 0. The molecule has 164 valence electrons. The van der Waals surface area contributed by atoms with Crippen molar-refractivity contribution in [2.24, 2.45) is 0 Å². The quantitative estimate of drug-likeness (QED) is 0.186. The number of rotatable bonds is 14. The maximum atomic E-state index is 10.9. The average Bonchev–Trinajstić information content (AvgIpc) is 3.16. The van der Waals surface area contributed by atoms with Crippen LogP contribution in [0.25, 0.3) is 0 Å². The zero-order valence-corrected chi connectivity index (χ0v) is 21.1. The van der Waals surface area contributed by atoms with E-state index in [0.29, 0.717) is 25.8 Å². The third kappa shape index (κ3) is 7.59. The van der Waals surface area contributed by atoms with Gasteiger partial charge in [0.05, 0.1) is 0 Å². The van der Waals surface area contributed by atoms with Gasteiger partial charge in [0.1, 0.15) is 0 Å². The number of hydrogen-bond acceptors (Lipinski definition) is 5. The van der Waals surface area contributed by atoms with Gasteiger partial charge in [-0.2, -0.15) is 0 Å². The predicted molar refractivity (Wildman–Crippen MR) is 118 cm³/mol. The minimum atomic E-state index is -2.25. The summed E-state index contributed by atoms with van der Waals surface area (Å²) in [6, 6.07) is 0.306. The van der Waals surface area contributed by atoms with Gasteiger partial charge in [-0.25, -0.2) is 0 Å². The van der Waals surface area contributed by atoms with Crippen LogP contribution in [0.5, 0.6) is 6.01 Å². The SMILES string of the molecule is CCC[CH2][Sn](/[CH]=C/CO[C@@H]1COc2nc([N+](=O)[O-])cn2C1)([CH2]CCC)[CH2]CCC. The second kappa shape index (κ2) is 12.6. The summed E-state index contributed by atoms with van der Waals surface area (Å²) in [5.74, 6) is -0.179. The number of nitro groups is 1. The Hall–Kier alpha value is -1.09. The minimum absolute atomic E-state index is 0.104. The molecule has 29 heavy (non-hydrogen) atoms. The van der Waals surface area contributed by atoms with E-state index in [0.717, 1.165) is 0 Å². The molecule has 0 saturated heterocycles. The summed E-state index contributed by atoms with van der Waals surface area (Å²) < 4.78 is 20.2. The molecular weight excluding hydrogens is 477 g/mol. The Bertz CT molecular complexity index is 641. The zero-order chi connectivity index (χ0) is 21.1. The van der Waals surface area contributed by atoms with Crippen molar-refractivity contribution in [3.63, 3.8) is 0 Å². The second-order valence-corrected chi connectivity index (χ2v) is 21.1. The molecule has 1 aliphatic rings. The van der Waals surface area contributed by atoms with Gasteiger partial charge in [-0.3, -0.25) is 0 Å². The number of nitrogens with zero attached hydrogens (tertiary/aromatic N) is 3. The molecule has 7 nitrogen and oxygen atoms in total. The van der Waals surface area contributed by atoms with E-state index < -0.39 is 23.3 Å². The van der Waals surface area contributed by atoms with E-state index in [1.807, 2.05) is 0 Å². The van der Waals surface area contributed by atoms with Crippen molar-refractivity contribution in [1.29, 1.82) is 0 Å². The first kappa shape index (κ1) is 24.2. The maximum absolute atomic E-state index is 10.9. The predicted octanol–water partition coefficient (Wildman–Crippen LogP) is 5.51. The summed E-state index contributed by atoms with van der Waals surface area (Å²) in [5.41, 5.74) is 0. The molecule has 1 aromatic rings. The molecule has 0 spiro atoms. The normalized spacial score (nSPS) is 16.7. The fourth-order valence-electron chi connectivity index (χ4n) is 3.96. The molecule has 0 amide bonds. The molecule has 0 N–H and O–H groups in total. The molecule has 0 aromatic carbocycles. The van der Waals surface area contributed by atoms with E-state index in [9.17, 15) is 10.1 Å². The zero-order valence-electron chi connectivity index (χ0n) is 18.3. The summed E-state index contributed by atoms with van der Waals surface area (Å²) in [6.45, 7) is 8.39. The van der Waals surface area contributed by atoms with Gasteiger partial charge < -0.3 is 0 Å². The van der Waals surface area contributed by atoms with Crippen molar-refractivity contribution in [2.75, 3.05) is 13.2 Å². The number of hydrogen-bond donors (Lipinski definition) is 0. The Balaban J connectivity index is 1.92. The van der Waals surface area contributed by atoms with Crippen LogP contribution in [-0.2, 0) is 11.3 Å². The summed E-state index contributed by atoms with van der Waals surface area (Å²) in [4.78, 5) is 14.3. The van der Waals surface area contributed by atoms with Crippen molar-refractivity contribution in [3.05, 3.63) is 26.5 Å². The molecular formula is C21H37N3O4Sn. The van der Waals surface area contributed by atoms with Crippen molar-refractivity contribution in [2.45, 2.75) is 85.3 Å². The number of imidazole rings is 1. The van der Waals surface area contributed by atoms with E-state index in [2.05, 4.69) is 35.9 Å². The van der Waals surface area contributed by atoms with E-state index in [-0.39, 0.29) is 11.9 Å². The van der Waals surface area contributed by atoms with Crippen LogP contribution in [-0.4, -0.2) is 52.2 Å². The van der Waals surface area contributed by atoms with Crippen LogP contribution < -0.4 is 4.74 Å². The van der Waals surface area contributed by atoms with Gasteiger partial charge in [-0.15, -0.1) is 0 Å². The summed E-state index contributed by atoms with van der Waals surface area (Å²) >= 11 is -2.25. The molecule has 1 atom stereocenters. The van der Waals surface area contributed by atoms with Gasteiger partial charge in [0.15, 0.2) is 0 Å². The summed E-state index contributed by atoms with van der Waals surface area (Å²) in [5, 5.41) is 10.9. The third-order valence-corrected chi connectivity index (χ3v) is 19.9. The van der Waals surface area contributed by atoms with E-state index in [1.54, 1.807) is 4.57 Å². The molecule has 0 saturated carbocycles. The molecule has 0 aliphatic carbocycles. The Morgan fingerprint density at radius 1 is 1.24 bits per heavy atom. The molecule has 2 rings (SSSR count). The van der Waals surface area contributed by atoms with Gasteiger partial charge in [0.25, 0.3) is 0 Å². The first-order valence-electron chi connectivity index (χ1n) is 11.2. The molecule has 0 radical (unpaired) electrons. The van der Waals surface area contributed by atoms with E-state index >= 15 is 0 Å². The Labute approximate surface area is 178 Å². The fourth-order valence-corrected chi connectivity index (χ4v) is 18.3.